The maximum Gasteiger partial charge on any atom is 0.347 e. The quantitative estimate of drug-likeness (QED) is 0.307. The largest absolute Gasteiger partial charge is 0.472 e. The first kappa shape index (κ1) is 35.8. The molecular weight excluding hydrogens is 660 g/mol. The first-order valence-electron chi connectivity index (χ1n) is 16.7. The highest BCUT2D eigenvalue weighted by molar-refractivity contribution is 5.80. The molecule has 14 atom stereocenters. The summed E-state index contributed by atoms with van der Waals surface area (Å²) < 4.78 is 40.4. The molecule has 274 valence electrons. The van der Waals surface area contributed by atoms with Crippen LogP contribution in [0.1, 0.15) is 79.4 Å². The van der Waals surface area contributed by atoms with Gasteiger partial charge in [-0.2, -0.15) is 0 Å². The van der Waals surface area contributed by atoms with Crippen LogP contribution in [-0.2, 0) is 57.2 Å². The molecular formula is C35H44O15. The Kier molecular flexibility index (Phi) is 8.26. The van der Waals surface area contributed by atoms with Crippen LogP contribution >= 0.6 is 0 Å². The molecule has 15 heteroatoms. The van der Waals surface area contributed by atoms with E-state index in [1.165, 1.54) is 19.5 Å². The van der Waals surface area contributed by atoms with Crippen LogP contribution < -0.4 is 0 Å². The molecule has 15 nitrogen and oxygen atoms in total. The van der Waals surface area contributed by atoms with Crippen LogP contribution in [0.4, 0.5) is 0 Å². The molecule has 1 aromatic heterocycles. The van der Waals surface area contributed by atoms with Gasteiger partial charge in [-0.1, -0.05) is 20.8 Å². The average molecular weight is 705 g/mol. The number of aliphatic hydroxyl groups is 2. The van der Waals surface area contributed by atoms with Gasteiger partial charge in [-0.05, 0) is 18.9 Å². The molecule has 50 heavy (non-hydrogen) atoms. The molecule has 0 amide bonds. The second-order valence-corrected chi connectivity index (χ2v) is 15.3. The van der Waals surface area contributed by atoms with Crippen molar-refractivity contribution in [2.75, 3.05) is 7.11 Å². The summed E-state index contributed by atoms with van der Waals surface area (Å²) in [6.45, 7) is 9.61. The van der Waals surface area contributed by atoms with Crippen LogP contribution in [-0.4, -0.2) is 88.8 Å². The van der Waals surface area contributed by atoms with E-state index in [1.54, 1.807) is 26.8 Å². The number of rotatable bonds is 7. The predicted octanol–water partition coefficient (Wildman–Crippen LogP) is 1.95. The summed E-state index contributed by atoms with van der Waals surface area (Å²) >= 11 is 0. The number of hydrogen-bond donors (Lipinski definition) is 2. The number of aliphatic hydroxyl groups excluding tert-OH is 1. The lowest BCUT2D eigenvalue weighted by atomic mass is 9.35. The zero-order chi connectivity index (χ0) is 36.9. The van der Waals surface area contributed by atoms with E-state index >= 15 is 0 Å². The summed E-state index contributed by atoms with van der Waals surface area (Å²) in [6.07, 6.45) is -4.98. The van der Waals surface area contributed by atoms with E-state index in [4.69, 9.17) is 32.8 Å². The molecule has 4 saturated carbocycles. The van der Waals surface area contributed by atoms with E-state index in [-0.39, 0.29) is 12.8 Å². The number of cyclic esters (lactones) is 1. The molecule has 5 fully saturated rings. The van der Waals surface area contributed by atoms with Gasteiger partial charge in [0.05, 0.1) is 38.1 Å². The number of carbonyl (C=O) groups excluding carboxylic acids is 6. The first-order chi connectivity index (χ1) is 23.2. The number of esters is 6. The highest BCUT2D eigenvalue weighted by atomic mass is 16.6. The van der Waals surface area contributed by atoms with Crippen LogP contribution in [0.5, 0.6) is 0 Å². The predicted molar refractivity (Wildman–Crippen MR) is 164 cm³/mol. The Labute approximate surface area is 288 Å². The van der Waals surface area contributed by atoms with E-state index in [9.17, 15) is 39.0 Å². The third-order valence-electron chi connectivity index (χ3n) is 12.9. The molecule has 1 aliphatic heterocycles. The van der Waals surface area contributed by atoms with Crippen molar-refractivity contribution >= 4 is 35.8 Å². The highest BCUT2D eigenvalue weighted by Gasteiger charge is 2.92. The number of fused-ring (bicyclic) bond motifs is 5. The smallest absolute Gasteiger partial charge is 0.347 e. The van der Waals surface area contributed by atoms with Gasteiger partial charge in [0.2, 0.25) is 6.10 Å². The molecule has 2 bridgehead atoms. The molecule has 0 spiro atoms. The van der Waals surface area contributed by atoms with Crippen LogP contribution in [0, 0.1) is 39.9 Å². The van der Waals surface area contributed by atoms with Gasteiger partial charge in [-0.15, -0.1) is 0 Å². The normalized spacial score (nSPS) is 44.5. The minimum atomic E-state index is -2.23. The molecule has 2 N–H and O–H groups in total. The number of furan rings is 1. The summed E-state index contributed by atoms with van der Waals surface area (Å²) in [5.41, 5.74) is -7.92. The van der Waals surface area contributed by atoms with E-state index in [0.29, 0.717) is 5.56 Å². The summed E-state index contributed by atoms with van der Waals surface area (Å²) in [4.78, 5) is 78.9. The van der Waals surface area contributed by atoms with Gasteiger partial charge in [0, 0.05) is 67.3 Å². The van der Waals surface area contributed by atoms with Crippen molar-refractivity contribution in [1.82, 2.24) is 0 Å². The fraction of sp³-hybridized carbons (Fsp3) is 0.714. The van der Waals surface area contributed by atoms with Gasteiger partial charge in [0.25, 0.3) is 0 Å². The zero-order valence-electron chi connectivity index (χ0n) is 29.3. The molecule has 2 heterocycles. The molecule has 0 radical (unpaired) electrons. The summed E-state index contributed by atoms with van der Waals surface area (Å²) in [5, 5.41) is 25.9. The molecule has 4 aliphatic carbocycles. The standard InChI is InChI=1S/C35H44O15/c1-15(36)46-25(30(42)44-8)26-31(5)14-34(50-18(4)39)24(28(31)47-16(2)37)29(48-17(3)38)35(43)20-12-23(41)49-27(19-9-10-45-13-19)32(20,6)22(40)11-21(35)33(26,34)7/h9-10,13,20-22,24-29,40,43H,11-12,14H2,1-8H3/t20-,21?,22+,24?,25+,26+,27+,28-,29-,31-,32+,33-,34+,35+/m1/s1. The van der Waals surface area contributed by atoms with Crippen LogP contribution in [0.15, 0.2) is 23.0 Å². The lowest BCUT2D eigenvalue weighted by Gasteiger charge is -2.73. The van der Waals surface area contributed by atoms with E-state index in [0.717, 1.165) is 27.9 Å². The van der Waals surface area contributed by atoms with Crippen LogP contribution in [0.2, 0.25) is 0 Å². The monoisotopic (exact) mass is 704 g/mol. The maximum absolute atomic E-state index is 13.7. The van der Waals surface area contributed by atoms with E-state index < -0.39 is 124 Å². The van der Waals surface area contributed by atoms with Crippen LogP contribution in [0.25, 0.3) is 0 Å². The fourth-order valence-electron chi connectivity index (χ4n) is 11.7. The average Bonchev–Trinajstić information content (AvgIpc) is 3.67. The minimum absolute atomic E-state index is 0.0832. The Balaban J connectivity index is 1.70. The number of methoxy groups -OCH3 is 1. The van der Waals surface area contributed by atoms with Gasteiger partial charge in [-0.3, -0.25) is 24.0 Å². The second kappa shape index (κ2) is 11.5. The molecule has 1 aromatic rings. The fourth-order valence-corrected chi connectivity index (χ4v) is 11.7. The summed E-state index contributed by atoms with van der Waals surface area (Å²) in [6, 6.07) is 1.58. The van der Waals surface area contributed by atoms with Crippen molar-refractivity contribution in [1.29, 1.82) is 0 Å². The lowest BCUT2D eigenvalue weighted by Crippen LogP contribution is -2.83. The van der Waals surface area contributed by atoms with E-state index in [1.807, 2.05) is 0 Å². The van der Waals surface area contributed by atoms with E-state index in [2.05, 4.69) is 0 Å². The second-order valence-electron chi connectivity index (χ2n) is 15.3. The highest BCUT2D eigenvalue weighted by Crippen LogP contribution is 2.82. The molecule has 0 aromatic carbocycles. The Bertz CT molecular complexity index is 1620. The topological polar surface area (TPSA) is 211 Å². The van der Waals surface area contributed by atoms with Crippen molar-refractivity contribution < 1.29 is 71.8 Å². The minimum Gasteiger partial charge on any atom is -0.472 e. The van der Waals surface area contributed by atoms with Crippen LogP contribution in [0.3, 0.4) is 0 Å². The van der Waals surface area contributed by atoms with Gasteiger partial charge in [0.15, 0.2) is 0 Å². The molecule has 5 aliphatic rings. The zero-order valence-corrected chi connectivity index (χ0v) is 29.3. The third-order valence-corrected chi connectivity index (χ3v) is 12.9. The SMILES string of the molecule is COC(=O)[C@@H](OC(C)=O)[C@H]1[C@@]2(C)C[C@]3(OC(C)=O)C([C@H]2OC(C)=O)[C@@H](OC(C)=O)[C@@]2(O)C(C[C@H](O)[C@@]4(C)[C@H](c5ccoc5)OC(=O)C[C@@H]24)[C@]13C. The molecule has 2 unspecified atom stereocenters. The molecule has 1 saturated heterocycles. The van der Waals surface area contributed by atoms with Gasteiger partial charge in [-0.25, -0.2) is 4.79 Å². The van der Waals surface area contributed by atoms with Gasteiger partial charge in [0.1, 0.15) is 29.5 Å². The van der Waals surface area contributed by atoms with Crippen molar-refractivity contribution in [2.24, 2.45) is 39.9 Å². The van der Waals surface area contributed by atoms with Crippen molar-refractivity contribution in [2.45, 2.75) is 109 Å². The van der Waals surface area contributed by atoms with Gasteiger partial charge < -0.3 is 43.1 Å². The molecule has 6 rings (SSSR count). The Morgan fingerprint density at radius 1 is 0.940 bits per heavy atom. The number of ether oxygens (including phenoxy) is 6. The van der Waals surface area contributed by atoms with Crippen molar-refractivity contribution in [3.63, 3.8) is 0 Å². The first-order valence-corrected chi connectivity index (χ1v) is 16.7. The summed E-state index contributed by atoms with van der Waals surface area (Å²) in [7, 11) is 1.11. The third kappa shape index (κ3) is 4.47. The Morgan fingerprint density at radius 2 is 1.58 bits per heavy atom. The van der Waals surface area contributed by atoms with Crippen molar-refractivity contribution in [3.05, 3.63) is 24.2 Å². The summed E-state index contributed by atoms with van der Waals surface area (Å²) in [5.74, 6) is -9.68. The van der Waals surface area contributed by atoms with Crippen molar-refractivity contribution in [3.8, 4) is 0 Å². The maximum atomic E-state index is 13.7. The Hall–Kier alpha value is -3.98. The van der Waals surface area contributed by atoms with Gasteiger partial charge >= 0.3 is 35.8 Å². The lowest BCUT2D eigenvalue weighted by molar-refractivity contribution is -0.369. The number of hydrogen-bond acceptors (Lipinski definition) is 15. The number of carbonyl (C=O) groups is 6. The Morgan fingerprint density at radius 3 is 2.12 bits per heavy atom.